The zero-order valence-corrected chi connectivity index (χ0v) is 16.4. The number of amides is 1. The molecule has 0 aromatic heterocycles. The maximum atomic E-state index is 12.9. The number of sulfonamides is 1. The molecule has 1 amide bonds. The third kappa shape index (κ3) is 4.31. The molecule has 7 heteroatoms. The minimum absolute atomic E-state index is 0.208. The Morgan fingerprint density at radius 3 is 2.22 bits per heavy atom. The summed E-state index contributed by atoms with van der Waals surface area (Å²) in [6.07, 6.45) is 1.04. The van der Waals surface area contributed by atoms with Crippen LogP contribution in [0.5, 0.6) is 0 Å². The second kappa shape index (κ2) is 7.70. The van der Waals surface area contributed by atoms with Crippen LogP contribution < -0.4 is 11.1 Å². The van der Waals surface area contributed by atoms with E-state index in [9.17, 15) is 13.2 Å². The molecule has 0 aliphatic carbocycles. The second-order valence-corrected chi connectivity index (χ2v) is 9.27. The molecule has 0 bridgehead atoms. The first-order valence-corrected chi connectivity index (χ1v) is 10.5. The number of nitrogen functional groups attached to an aromatic ring is 1. The molecular formula is C20H25N3O3S. The highest BCUT2D eigenvalue weighted by atomic mass is 32.2. The normalized spacial score (nSPS) is 21.0. The van der Waals surface area contributed by atoms with Gasteiger partial charge in [0, 0.05) is 18.7 Å². The highest BCUT2D eigenvalue weighted by Gasteiger charge is 2.31. The fraction of sp³-hybridized carbons (Fsp3) is 0.350. The van der Waals surface area contributed by atoms with Gasteiger partial charge in [0.05, 0.1) is 16.3 Å². The van der Waals surface area contributed by atoms with Crippen LogP contribution >= 0.6 is 0 Å². The molecule has 1 saturated heterocycles. The lowest BCUT2D eigenvalue weighted by atomic mass is 9.94. The topological polar surface area (TPSA) is 92.5 Å². The van der Waals surface area contributed by atoms with Gasteiger partial charge in [-0.05, 0) is 54.7 Å². The lowest BCUT2D eigenvalue weighted by molar-refractivity contribution is 0.102. The number of nitrogens with two attached hydrogens (primary N) is 1. The standard InChI is InChI=1S/C20H25N3O3S/c1-14-11-15(2)13-23(12-14)27(25,26)17-9-7-16(8-10-17)20(24)22-19-6-4-3-5-18(19)21/h3-10,14-15H,11-13,21H2,1-2H3,(H,22,24). The highest BCUT2D eigenvalue weighted by molar-refractivity contribution is 7.89. The largest absolute Gasteiger partial charge is 0.397 e. The van der Waals surface area contributed by atoms with Gasteiger partial charge in [-0.3, -0.25) is 4.79 Å². The Morgan fingerprint density at radius 2 is 1.63 bits per heavy atom. The number of carbonyl (C=O) groups excluding carboxylic acids is 1. The molecule has 144 valence electrons. The molecule has 1 heterocycles. The Kier molecular flexibility index (Phi) is 5.53. The molecule has 0 radical (unpaired) electrons. The van der Waals surface area contributed by atoms with E-state index in [1.54, 1.807) is 28.6 Å². The maximum absolute atomic E-state index is 12.9. The van der Waals surface area contributed by atoms with Gasteiger partial charge < -0.3 is 11.1 Å². The molecule has 2 atom stereocenters. The van der Waals surface area contributed by atoms with Gasteiger partial charge in [0.1, 0.15) is 0 Å². The van der Waals surface area contributed by atoms with Gasteiger partial charge in [0.2, 0.25) is 10.0 Å². The van der Waals surface area contributed by atoms with E-state index in [0.29, 0.717) is 41.9 Å². The van der Waals surface area contributed by atoms with Crippen molar-refractivity contribution in [2.24, 2.45) is 11.8 Å². The van der Waals surface area contributed by atoms with Crippen LogP contribution in [0.2, 0.25) is 0 Å². The fourth-order valence-corrected chi connectivity index (χ4v) is 5.21. The summed E-state index contributed by atoms with van der Waals surface area (Å²) < 4.78 is 27.4. The first-order chi connectivity index (χ1) is 12.8. The van der Waals surface area contributed by atoms with Crippen molar-refractivity contribution in [3.05, 3.63) is 54.1 Å². The van der Waals surface area contributed by atoms with Gasteiger partial charge in [0.15, 0.2) is 0 Å². The van der Waals surface area contributed by atoms with Crippen LogP contribution in [0.3, 0.4) is 0 Å². The number of benzene rings is 2. The van der Waals surface area contributed by atoms with E-state index in [2.05, 4.69) is 19.2 Å². The molecule has 1 aliphatic rings. The average Bonchev–Trinajstić information content (AvgIpc) is 2.63. The molecule has 2 unspecified atom stereocenters. The van der Waals surface area contributed by atoms with E-state index in [4.69, 9.17) is 5.73 Å². The number of rotatable bonds is 4. The third-order valence-electron chi connectivity index (χ3n) is 4.80. The number of nitrogens with zero attached hydrogens (tertiary/aromatic N) is 1. The summed E-state index contributed by atoms with van der Waals surface area (Å²) in [4.78, 5) is 12.6. The molecule has 3 rings (SSSR count). The monoisotopic (exact) mass is 387 g/mol. The Balaban J connectivity index is 1.76. The number of hydrogen-bond acceptors (Lipinski definition) is 4. The molecule has 6 nitrogen and oxygen atoms in total. The van der Waals surface area contributed by atoms with Crippen molar-refractivity contribution in [1.29, 1.82) is 0 Å². The van der Waals surface area contributed by atoms with Crippen molar-refractivity contribution in [2.45, 2.75) is 25.2 Å². The first kappa shape index (κ1) is 19.4. The second-order valence-electron chi connectivity index (χ2n) is 7.33. The smallest absolute Gasteiger partial charge is 0.255 e. The Bertz CT molecular complexity index is 916. The Labute approximate surface area is 160 Å². The Hall–Kier alpha value is -2.38. The van der Waals surface area contributed by atoms with Crippen molar-refractivity contribution in [1.82, 2.24) is 4.31 Å². The molecule has 0 spiro atoms. The summed E-state index contributed by atoms with van der Waals surface area (Å²) >= 11 is 0. The zero-order chi connectivity index (χ0) is 19.6. The summed E-state index contributed by atoms with van der Waals surface area (Å²) in [5.41, 5.74) is 7.20. The number of anilines is 2. The van der Waals surface area contributed by atoms with Crippen LogP contribution in [0.25, 0.3) is 0 Å². The maximum Gasteiger partial charge on any atom is 0.255 e. The number of para-hydroxylation sites is 2. The number of carbonyl (C=O) groups is 1. The van der Waals surface area contributed by atoms with Crippen LogP contribution in [0, 0.1) is 11.8 Å². The summed E-state index contributed by atoms with van der Waals surface area (Å²) in [6, 6.07) is 13.0. The molecular weight excluding hydrogens is 362 g/mol. The lowest BCUT2D eigenvalue weighted by Gasteiger charge is -2.34. The van der Waals surface area contributed by atoms with Crippen molar-refractivity contribution in [3.8, 4) is 0 Å². The molecule has 1 fully saturated rings. The van der Waals surface area contributed by atoms with Crippen molar-refractivity contribution >= 4 is 27.3 Å². The van der Waals surface area contributed by atoms with Gasteiger partial charge >= 0.3 is 0 Å². The molecule has 0 saturated carbocycles. The minimum atomic E-state index is -3.55. The van der Waals surface area contributed by atoms with Crippen LogP contribution in [0.15, 0.2) is 53.4 Å². The molecule has 3 N–H and O–H groups in total. The quantitative estimate of drug-likeness (QED) is 0.788. The highest BCUT2D eigenvalue weighted by Crippen LogP contribution is 2.27. The van der Waals surface area contributed by atoms with Crippen LogP contribution in [0.4, 0.5) is 11.4 Å². The summed E-state index contributed by atoms with van der Waals surface area (Å²) in [5.74, 6) is 0.340. The number of nitrogens with one attached hydrogen (secondary N) is 1. The number of piperidine rings is 1. The summed E-state index contributed by atoms with van der Waals surface area (Å²) in [5, 5.41) is 2.74. The van der Waals surface area contributed by atoms with Crippen molar-refractivity contribution < 1.29 is 13.2 Å². The van der Waals surface area contributed by atoms with E-state index < -0.39 is 10.0 Å². The van der Waals surface area contributed by atoms with Crippen LogP contribution in [0.1, 0.15) is 30.6 Å². The van der Waals surface area contributed by atoms with Gasteiger partial charge in [0.25, 0.3) is 5.91 Å². The summed E-state index contributed by atoms with van der Waals surface area (Å²) in [7, 11) is -3.55. The van der Waals surface area contributed by atoms with Crippen molar-refractivity contribution in [3.63, 3.8) is 0 Å². The zero-order valence-electron chi connectivity index (χ0n) is 15.6. The van der Waals surface area contributed by atoms with Gasteiger partial charge in [-0.15, -0.1) is 0 Å². The van der Waals surface area contributed by atoms with Gasteiger partial charge in [-0.2, -0.15) is 4.31 Å². The summed E-state index contributed by atoms with van der Waals surface area (Å²) in [6.45, 7) is 5.20. The first-order valence-electron chi connectivity index (χ1n) is 9.03. The molecule has 1 aliphatic heterocycles. The van der Waals surface area contributed by atoms with Crippen LogP contribution in [-0.4, -0.2) is 31.7 Å². The van der Waals surface area contributed by atoms with E-state index in [-0.39, 0.29) is 10.8 Å². The van der Waals surface area contributed by atoms with E-state index in [1.165, 1.54) is 24.3 Å². The van der Waals surface area contributed by atoms with E-state index in [0.717, 1.165) is 6.42 Å². The van der Waals surface area contributed by atoms with E-state index >= 15 is 0 Å². The third-order valence-corrected chi connectivity index (χ3v) is 6.64. The molecule has 2 aromatic rings. The molecule has 2 aromatic carbocycles. The SMILES string of the molecule is CC1CC(C)CN(S(=O)(=O)c2ccc(C(=O)Nc3ccccc3N)cc2)C1. The fourth-order valence-electron chi connectivity index (χ4n) is 3.53. The lowest BCUT2D eigenvalue weighted by Crippen LogP contribution is -2.42. The Morgan fingerprint density at radius 1 is 1.04 bits per heavy atom. The van der Waals surface area contributed by atoms with Gasteiger partial charge in [-0.25, -0.2) is 8.42 Å². The van der Waals surface area contributed by atoms with Crippen LogP contribution in [-0.2, 0) is 10.0 Å². The number of hydrogen-bond donors (Lipinski definition) is 2. The van der Waals surface area contributed by atoms with Gasteiger partial charge in [-0.1, -0.05) is 26.0 Å². The van der Waals surface area contributed by atoms with E-state index in [1.807, 2.05) is 0 Å². The predicted molar refractivity (Wildman–Crippen MR) is 107 cm³/mol. The predicted octanol–water partition coefficient (Wildman–Crippen LogP) is 3.19. The average molecular weight is 388 g/mol. The molecule has 27 heavy (non-hydrogen) atoms. The minimum Gasteiger partial charge on any atom is -0.397 e. The van der Waals surface area contributed by atoms with Crippen molar-refractivity contribution in [2.75, 3.05) is 24.1 Å².